The number of nitrogens with zero attached hydrogens (tertiary/aromatic N) is 4. The average molecular weight is 321 g/mol. The zero-order valence-corrected chi connectivity index (χ0v) is 13.7. The molecule has 7 nitrogen and oxygen atoms in total. The van der Waals surface area contributed by atoms with Crippen molar-refractivity contribution < 1.29 is 9.59 Å². The van der Waals surface area contributed by atoms with Gasteiger partial charge in [-0.15, -0.1) is 11.3 Å². The Bertz CT molecular complexity index is 650. The highest BCUT2D eigenvalue weighted by atomic mass is 32.1. The van der Waals surface area contributed by atoms with Crippen molar-refractivity contribution in [3.63, 3.8) is 0 Å². The first-order valence-corrected chi connectivity index (χ1v) is 7.88. The van der Waals surface area contributed by atoms with Gasteiger partial charge in [0.15, 0.2) is 0 Å². The Hall–Kier alpha value is -2.22. The minimum absolute atomic E-state index is 0.473. The van der Waals surface area contributed by atoms with Gasteiger partial charge >= 0.3 is 11.8 Å². The van der Waals surface area contributed by atoms with E-state index < -0.39 is 11.8 Å². The van der Waals surface area contributed by atoms with E-state index in [-0.39, 0.29) is 0 Å². The molecule has 0 radical (unpaired) electrons. The highest BCUT2D eigenvalue weighted by Crippen LogP contribution is 2.09. The maximum Gasteiger partial charge on any atom is 0.315 e. The standard InChI is InChI=1S/C14H19N5O2S/c1-4-19(7-5-12-15-6-8-22-12)14(21)13(20)16-11-9-10(2)17-18(11)3/h6,8-9H,4-5,7H2,1-3H3,(H,16,20). The van der Waals surface area contributed by atoms with Crippen molar-refractivity contribution in [1.82, 2.24) is 19.7 Å². The molecule has 2 aromatic heterocycles. The summed E-state index contributed by atoms with van der Waals surface area (Å²) >= 11 is 1.54. The van der Waals surface area contributed by atoms with Crippen LogP contribution in [0.1, 0.15) is 17.6 Å². The van der Waals surface area contributed by atoms with E-state index >= 15 is 0 Å². The smallest absolute Gasteiger partial charge is 0.315 e. The Morgan fingerprint density at radius 1 is 1.45 bits per heavy atom. The Morgan fingerprint density at radius 2 is 2.23 bits per heavy atom. The molecule has 0 fully saturated rings. The number of carbonyl (C=O) groups excluding carboxylic acids is 2. The Kier molecular flexibility index (Phi) is 5.26. The third kappa shape index (κ3) is 3.91. The van der Waals surface area contributed by atoms with E-state index in [1.807, 2.05) is 19.2 Å². The van der Waals surface area contributed by atoms with Crippen LogP contribution in [-0.2, 0) is 23.1 Å². The normalized spacial score (nSPS) is 10.5. The topological polar surface area (TPSA) is 80.1 Å². The van der Waals surface area contributed by atoms with Crippen LogP contribution in [0, 0.1) is 6.92 Å². The van der Waals surface area contributed by atoms with Crippen molar-refractivity contribution in [2.75, 3.05) is 18.4 Å². The van der Waals surface area contributed by atoms with Crippen LogP contribution in [0.2, 0.25) is 0 Å². The minimum Gasteiger partial charge on any atom is -0.334 e. The fourth-order valence-electron chi connectivity index (χ4n) is 2.05. The van der Waals surface area contributed by atoms with Gasteiger partial charge in [0.05, 0.1) is 10.7 Å². The first-order chi connectivity index (χ1) is 10.5. The van der Waals surface area contributed by atoms with Gasteiger partial charge in [0.25, 0.3) is 0 Å². The van der Waals surface area contributed by atoms with Crippen molar-refractivity contribution in [3.05, 3.63) is 28.3 Å². The SMILES string of the molecule is CCN(CCc1nccs1)C(=O)C(=O)Nc1cc(C)nn1C. The van der Waals surface area contributed by atoms with E-state index in [1.54, 1.807) is 30.6 Å². The third-order valence-electron chi connectivity index (χ3n) is 3.19. The Morgan fingerprint density at radius 3 is 2.77 bits per heavy atom. The van der Waals surface area contributed by atoms with Crippen LogP contribution in [0.3, 0.4) is 0 Å². The van der Waals surface area contributed by atoms with Crippen molar-refractivity contribution in [2.45, 2.75) is 20.3 Å². The summed E-state index contributed by atoms with van der Waals surface area (Å²) in [6.07, 6.45) is 2.38. The van der Waals surface area contributed by atoms with Crippen molar-refractivity contribution in [3.8, 4) is 0 Å². The maximum atomic E-state index is 12.2. The quantitative estimate of drug-likeness (QED) is 0.840. The molecule has 0 unspecified atom stereocenters. The molecule has 1 N–H and O–H groups in total. The third-order valence-corrected chi connectivity index (χ3v) is 4.03. The molecule has 0 aliphatic heterocycles. The number of carbonyl (C=O) groups is 2. The zero-order valence-electron chi connectivity index (χ0n) is 12.9. The Labute approximate surface area is 133 Å². The number of amides is 2. The summed E-state index contributed by atoms with van der Waals surface area (Å²) in [5.41, 5.74) is 0.779. The number of anilines is 1. The maximum absolute atomic E-state index is 12.2. The lowest BCUT2D eigenvalue weighted by Crippen LogP contribution is -2.41. The van der Waals surface area contributed by atoms with Gasteiger partial charge < -0.3 is 10.2 Å². The fraction of sp³-hybridized carbons (Fsp3) is 0.429. The van der Waals surface area contributed by atoms with Gasteiger partial charge in [-0.2, -0.15) is 5.10 Å². The predicted molar refractivity (Wildman–Crippen MR) is 84.6 cm³/mol. The molecule has 0 bridgehead atoms. The number of aromatic nitrogens is 3. The molecule has 0 atom stereocenters. The predicted octanol–water partition coefficient (Wildman–Crippen LogP) is 1.21. The van der Waals surface area contributed by atoms with E-state index in [4.69, 9.17) is 0 Å². The lowest BCUT2D eigenvalue weighted by atomic mass is 10.3. The van der Waals surface area contributed by atoms with Crippen LogP contribution in [0.5, 0.6) is 0 Å². The lowest BCUT2D eigenvalue weighted by Gasteiger charge is -2.19. The van der Waals surface area contributed by atoms with Crippen LogP contribution in [-0.4, -0.2) is 44.6 Å². The molecule has 2 amide bonds. The molecule has 0 spiro atoms. The van der Waals surface area contributed by atoms with Gasteiger partial charge in [-0.25, -0.2) is 4.98 Å². The summed E-state index contributed by atoms with van der Waals surface area (Å²) in [4.78, 5) is 30.0. The first-order valence-electron chi connectivity index (χ1n) is 7.00. The van der Waals surface area contributed by atoms with E-state index in [0.29, 0.717) is 25.3 Å². The van der Waals surface area contributed by atoms with Crippen LogP contribution in [0.4, 0.5) is 5.82 Å². The molecule has 8 heteroatoms. The number of nitrogens with one attached hydrogen (secondary N) is 1. The van der Waals surface area contributed by atoms with Gasteiger partial charge in [-0.1, -0.05) is 0 Å². The zero-order chi connectivity index (χ0) is 16.1. The average Bonchev–Trinajstić information content (AvgIpc) is 3.09. The molecule has 0 saturated heterocycles. The van der Waals surface area contributed by atoms with Crippen molar-refractivity contribution in [2.24, 2.45) is 7.05 Å². The minimum atomic E-state index is -0.649. The molecular formula is C14H19N5O2S. The highest BCUT2D eigenvalue weighted by molar-refractivity contribution is 7.09. The lowest BCUT2D eigenvalue weighted by molar-refractivity contribution is -0.143. The molecule has 118 valence electrons. The van der Waals surface area contributed by atoms with E-state index in [1.165, 1.54) is 9.58 Å². The fourth-order valence-corrected chi connectivity index (χ4v) is 2.66. The number of thiazole rings is 1. The van der Waals surface area contributed by atoms with Gasteiger partial charge in [0.1, 0.15) is 5.82 Å². The van der Waals surface area contributed by atoms with E-state index in [9.17, 15) is 9.59 Å². The van der Waals surface area contributed by atoms with Gasteiger partial charge in [-0.3, -0.25) is 14.3 Å². The van der Waals surface area contributed by atoms with Crippen molar-refractivity contribution >= 4 is 29.0 Å². The molecule has 2 aromatic rings. The molecule has 0 saturated carbocycles. The van der Waals surface area contributed by atoms with Gasteiger partial charge in [0, 0.05) is 44.2 Å². The number of aryl methyl sites for hydroxylation is 2. The summed E-state index contributed by atoms with van der Waals surface area (Å²) in [5.74, 6) is -0.686. The summed E-state index contributed by atoms with van der Waals surface area (Å²) in [5, 5.41) is 9.57. The first kappa shape index (κ1) is 16.2. The Balaban J connectivity index is 1.95. The van der Waals surface area contributed by atoms with Crippen LogP contribution >= 0.6 is 11.3 Å². The molecular weight excluding hydrogens is 302 g/mol. The van der Waals surface area contributed by atoms with Crippen LogP contribution < -0.4 is 5.32 Å². The molecule has 2 heterocycles. The number of hydrogen-bond acceptors (Lipinski definition) is 5. The number of rotatable bonds is 5. The molecule has 0 aromatic carbocycles. The van der Waals surface area contributed by atoms with Crippen LogP contribution in [0.15, 0.2) is 17.6 Å². The second kappa shape index (κ2) is 7.17. The number of likely N-dealkylation sites (N-methyl/N-ethyl adjacent to an activating group) is 1. The summed E-state index contributed by atoms with van der Waals surface area (Å²) in [6.45, 7) is 4.62. The summed E-state index contributed by atoms with van der Waals surface area (Å²) in [7, 11) is 1.72. The largest absolute Gasteiger partial charge is 0.334 e. The second-order valence-electron chi connectivity index (χ2n) is 4.81. The van der Waals surface area contributed by atoms with Gasteiger partial charge in [0.2, 0.25) is 0 Å². The molecule has 0 aliphatic carbocycles. The summed E-state index contributed by atoms with van der Waals surface area (Å²) in [6, 6.07) is 1.72. The second-order valence-corrected chi connectivity index (χ2v) is 5.79. The molecule has 22 heavy (non-hydrogen) atoms. The molecule has 2 rings (SSSR count). The monoisotopic (exact) mass is 321 g/mol. The van der Waals surface area contributed by atoms with E-state index in [0.717, 1.165) is 10.7 Å². The van der Waals surface area contributed by atoms with Crippen LogP contribution in [0.25, 0.3) is 0 Å². The van der Waals surface area contributed by atoms with Gasteiger partial charge in [-0.05, 0) is 13.8 Å². The van der Waals surface area contributed by atoms with E-state index in [2.05, 4.69) is 15.4 Å². The summed E-state index contributed by atoms with van der Waals surface area (Å²) < 4.78 is 1.53. The number of hydrogen-bond donors (Lipinski definition) is 1. The molecule has 0 aliphatic rings. The highest BCUT2D eigenvalue weighted by Gasteiger charge is 2.21. The van der Waals surface area contributed by atoms with Crippen molar-refractivity contribution in [1.29, 1.82) is 0 Å².